The van der Waals surface area contributed by atoms with Gasteiger partial charge in [-0.05, 0) is 19.1 Å². The Bertz CT molecular complexity index is 607. The van der Waals surface area contributed by atoms with Crippen LogP contribution < -0.4 is 5.32 Å². The van der Waals surface area contributed by atoms with Crippen LogP contribution in [0.5, 0.6) is 0 Å². The van der Waals surface area contributed by atoms with Gasteiger partial charge in [-0.1, -0.05) is 19.1 Å². The second kappa shape index (κ2) is 6.10. The van der Waals surface area contributed by atoms with Gasteiger partial charge in [0, 0.05) is 11.3 Å². The number of anilines is 1. The van der Waals surface area contributed by atoms with Gasteiger partial charge in [-0.15, -0.1) is 0 Å². The maximum atomic E-state index is 12.1. The summed E-state index contributed by atoms with van der Waals surface area (Å²) in [4.78, 5) is 27.2. The fourth-order valence-corrected chi connectivity index (χ4v) is 1.77. The molecule has 0 saturated carbocycles. The Kier molecular flexibility index (Phi) is 4.24. The van der Waals surface area contributed by atoms with Crippen molar-refractivity contribution in [1.82, 2.24) is 14.8 Å². The van der Waals surface area contributed by atoms with Crippen molar-refractivity contribution in [3.63, 3.8) is 0 Å². The molecule has 2 aromatic rings. The summed E-state index contributed by atoms with van der Waals surface area (Å²) < 4.78 is 1.61. The number of ketones is 1. The third kappa shape index (κ3) is 3.50. The number of hydrogen-bond donors (Lipinski definition) is 1. The molecule has 0 spiro atoms. The van der Waals surface area contributed by atoms with Crippen LogP contribution >= 0.6 is 0 Å². The zero-order valence-electron chi connectivity index (χ0n) is 11.4. The van der Waals surface area contributed by atoms with Crippen LogP contribution in [0, 0.1) is 5.92 Å². The normalized spacial score (nSPS) is 11.9. The summed E-state index contributed by atoms with van der Waals surface area (Å²) in [5.74, 6) is -0.407. The molecule has 0 saturated heterocycles. The molecule has 0 aliphatic carbocycles. The lowest BCUT2D eigenvalue weighted by Gasteiger charge is -2.12. The monoisotopic (exact) mass is 272 g/mol. The Morgan fingerprint density at radius 1 is 1.40 bits per heavy atom. The summed E-state index contributed by atoms with van der Waals surface area (Å²) in [5.41, 5.74) is 1.19. The quantitative estimate of drug-likeness (QED) is 0.841. The smallest absolute Gasteiger partial charge is 0.229 e. The molecule has 0 aliphatic heterocycles. The highest BCUT2D eigenvalue weighted by Gasteiger charge is 2.14. The zero-order valence-corrected chi connectivity index (χ0v) is 11.4. The van der Waals surface area contributed by atoms with E-state index in [0.717, 1.165) is 0 Å². The Labute approximate surface area is 116 Å². The Hall–Kier alpha value is -2.50. The van der Waals surface area contributed by atoms with E-state index in [4.69, 9.17) is 0 Å². The van der Waals surface area contributed by atoms with Crippen molar-refractivity contribution in [2.75, 3.05) is 5.32 Å². The van der Waals surface area contributed by atoms with Crippen LogP contribution in [0.1, 0.15) is 24.2 Å². The Morgan fingerprint density at radius 3 is 2.85 bits per heavy atom. The van der Waals surface area contributed by atoms with Gasteiger partial charge in [0.25, 0.3) is 0 Å². The first-order valence-electron chi connectivity index (χ1n) is 6.30. The van der Waals surface area contributed by atoms with Crippen molar-refractivity contribution in [2.24, 2.45) is 5.92 Å². The van der Waals surface area contributed by atoms with E-state index in [2.05, 4.69) is 15.4 Å². The van der Waals surface area contributed by atoms with Crippen molar-refractivity contribution in [3.05, 3.63) is 42.5 Å². The standard InChI is InChI=1S/C14H16N4O2/c1-10(7-18-9-15-8-16-18)14(20)17-13-5-3-4-12(6-13)11(2)19/h3-6,8-10H,7H2,1-2H3,(H,17,20)/t10-/m0/s1. The Balaban J connectivity index is 2.00. The molecule has 6 nitrogen and oxygen atoms in total. The first-order chi connectivity index (χ1) is 9.56. The van der Waals surface area contributed by atoms with Crippen LogP contribution in [0.15, 0.2) is 36.9 Å². The lowest BCUT2D eigenvalue weighted by Crippen LogP contribution is -2.24. The van der Waals surface area contributed by atoms with E-state index < -0.39 is 0 Å². The van der Waals surface area contributed by atoms with E-state index in [-0.39, 0.29) is 17.6 Å². The van der Waals surface area contributed by atoms with Gasteiger partial charge >= 0.3 is 0 Å². The largest absolute Gasteiger partial charge is 0.326 e. The number of benzene rings is 1. The number of carbonyl (C=O) groups is 2. The molecule has 1 aromatic carbocycles. The molecule has 104 valence electrons. The molecule has 2 rings (SSSR count). The predicted octanol–water partition coefficient (Wildman–Crippen LogP) is 1.76. The van der Waals surface area contributed by atoms with Gasteiger partial charge in [0.2, 0.25) is 5.91 Å². The number of hydrogen-bond acceptors (Lipinski definition) is 4. The highest BCUT2D eigenvalue weighted by molar-refractivity contribution is 5.97. The first kappa shape index (κ1) is 13.9. The SMILES string of the molecule is CC(=O)c1cccc(NC(=O)[C@@H](C)Cn2cncn2)c1. The van der Waals surface area contributed by atoms with Gasteiger partial charge in [0.1, 0.15) is 12.7 Å². The summed E-state index contributed by atoms with van der Waals surface area (Å²) in [7, 11) is 0. The van der Waals surface area contributed by atoms with Gasteiger partial charge in [-0.2, -0.15) is 5.10 Å². The number of nitrogens with zero attached hydrogens (tertiary/aromatic N) is 3. The number of rotatable bonds is 5. The molecular weight excluding hydrogens is 256 g/mol. The summed E-state index contributed by atoms with van der Waals surface area (Å²) in [6.45, 7) is 3.76. The van der Waals surface area contributed by atoms with Gasteiger partial charge in [-0.3, -0.25) is 14.3 Å². The molecule has 0 unspecified atom stereocenters. The molecule has 0 aliphatic rings. The maximum Gasteiger partial charge on any atom is 0.229 e. The minimum Gasteiger partial charge on any atom is -0.326 e. The molecule has 1 N–H and O–H groups in total. The fraction of sp³-hybridized carbons (Fsp3) is 0.286. The highest BCUT2D eigenvalue weighted by Crippen LogP contribution is 2.13. The van der Waals surface area contributed by atoms with Gasteiger partial charge < -0.3 is 5.32 Å². The summed E-state index contributed by atoms with van der Waals surface area (Å²) in [5, 5.41) is 6.76. The zero-order chi connectivity index (χ0) is 14.5. The van der Waals surface area contributed by atoms with Crippen molar-refractivity contribution < 1.29 is 9.59 Å². The van der Waals surface area contributed by atoms with Crippen LogP contribution in [0.3, 0.4) is 0 Å². The minimum absolute atomic E-state index is 0.0308. The van der Waals surface area contributed by atoms with E-state index in [1.54, 1.807) is 35.3 Å². The molecule has 1 amide bonds. The van der Waals surface area contributed by atoms with Gasteiger partial charge in [0.15, 0.2) is 5.78 Å². The van der Waals surface area contributed by atoms with Crippen molar-refractivity contribution in [2.45, 2.75) is 20.4 Å². The average molecular weight is 272 g/mol. The van der Waals surface area contributed by atoms with E-state index in [1.165, 1.54) is 13.3 Å². The Morgan fingerprint density at radius 2 is 2.20 bits per heavy atom. The lowest BCUT2D eigenvalue weighted by molar-refractivity contribution is -0.119. The second-order valence-corrected chi connectivity index (χ2v) is 4.64. The molecular formula is C14H16N4O2. The molecule has 0 bridgehead atoms. The highest BCUT2D eigenvalue weighted by atomic mass is 16.2. The molecule has 0 radical (unpaired) electrons. The van der Waals surface area contributed by atoms with Crippen molar-refractivity contribution >= 4 is 17.4 Å². The van der Waals surface area contributed by atoms with Crippen LogP contribution in [0.4, 0.5) is 5.69 Å². The molecule has 0 fully saturated rings. The first-order valence-corrected chi connectivity index (χ1v) is 6.30. The van der Waals surface area contributed by atoms with Crippen LogP contribution in [-0.2, 0) is 11.3 Å². The number of Topliss-reactive ketones (excluding diaryl/α,β-unsaturated/α-hetero) is 1. The lowest BCUT2D eigenvalue weighted by atomic mass is 10.1. The third-order valence-electron chi connectivity index (χ3n) is 2.91. The number of carbonyl (C=O) groups excluding carboxylic acids is 2. The number of amides is 1. The van der Waals surface area contributed by atoms with Crippen LogP contribution in [0.25, 0.3) is 0 Å². The maximum absolute atomic E-state index is 12.1. The van der Waals surface area contributed by atoms with Crippen LogP contribution in [0.2, 0.25) is 0 Å². The molecule has 6 heteroatoms. The predicted molar refractivity (Wildman–Crippen MR) is 74.3 cm³/mol. The van der Waals surface area contributed by atoms with Crippen molar-refractivity contribution in [3.8, 4) is 0 Å². The average Bonchev–Trinajstić information content (AvgIpc) is 2.91. The van der Waals surface area contributed by atoms with E-state index in [1.807, 2.05) is 6.92 Å². The second-order valence-electron chi connectivity index (χ2n) is 4.64. The topological polar surface area (TPSA) is 76.9 Å². The van der Waals surface area contributed by atoms with E-state index in [0.29, 0.717) is 17.8 Å². The minimum atomic E-state index is -0.252. The molecule has 1 heterocycles. The molecule has 1 aromatic heterocycles. The fourth-order valence-electron chi connectivity index (χ4n) is 1.77. The van der Waals surface area contributed by atoms with Crippen LogP contribution in [-0.4, -0.2) is 26.5 Å². The number of nitrogens with one attached hydrogen (secondary N) is 1. The van der Waals surface area contributed by atoms with Gasteiger partial charge in [0.05, 0.1) is 12.5 Å². The molecule has 1 atom stereocenters. The summed E-state index contributed by atoms with van der Waals surface area (Å²) in [6.07, 6.45) is 3.00. The van der Waals surface area contributed by atoms with Gasteiger partial charge in [-0.25, -0.2) is 4.98 Å². The van der Waals surface area contributed by atoms with Crippen molar-refractivity contribution in [1.29, 1.82) is 0 Å². The molecule has 20 heavy (non-hydrogen) atoms. The summed E-state index contributed by atoms with van der Waals surface area (Å²) >= 11 is 0. The van der Waals surface area contributed by atoms with E-state index in [9.17, 15) is 9.59 Å². The third-order valence-corrected chi connectivity index (χ3v) is 2.91. The number of aromatic nitrogens is 3. The summed E-state index contributed by atoms with van der Waals surface area (Å²) in [6, 6.07) is 6.89. The van der Waals surface area contributed by atoms with E-state index >= 15 is 0 Å².